The Balaban J connectivity index is 3.04. The lowest BCUT2D eigenvalue weighted by molar-refractivity contribution is -0.385. The predicted octanol–water partition coefficient (Wildman–Crippen LogP) is 2.24. The van der Waals surface area contributed by atoms with Gasteiger partial charge in [0.25, 0.3) is 5.69 Å². The first-order valence-electron chi connectivity index (χ1n) is 6.57. The van der Waals surface area contributed by atoms with Gasteiger partial charge in [0.1, 0.15) is 11.6 Å². The fourth-order valence-electron chi connectivity index (χ4n) is 1.92. The smallest absolute Gasteiger partial charge is 0.289 e. The van der Waals surface area contributed by atoms with Crippen molar-refractivity contribution >= 4 is 11.4 Å². The van der Waals surface area contributed by atoms with Crippen molar-refractivity contribution < 1.29 is 4.92 Å². The van der Waals surface area contributed by atoms with Crippen molar-refractivity contribution in [1.82, 2.24) is 4.90 Å². The van der Waals surface area contributed by atoms with Gasteiger partial charge in [-0.2, -0.15) is 5.26 Å². The SMILES string of the molecule is CCCN(CCN(C)C)c1ccc(C#N)c([N+](=O)[O-])c1. The second kappa shape index (κ2) is 7.46. The van der Waals surface area contributed by atoms with Gasteiger partial charge in [-0.25, -0.2) is 0 Å². The Hall–Kier alpha value is -2.13. The Labute approximate surface area is 119 Å². The molecule has 0 atom stereocenters. The number of hydrogen-bond acceptors (Lipinski definition) is 5. The van der Waals surface area contributed by atoms with Crippen LogP contribution in [0.1, 0.15) is 18.9 Å². The third-order valence-electron chi connectivity index (χ3n) is 2.97. The van der Waals surface area contributed by atoms with Gasteiger partial charge < -0.3 is 9.80 Å². The van der Waals surface area contributed by atoms with E-state index in [4.69, 9.17) is 5.26 Å². The first kappa shape index (κ1) is 15.9. The van der Waals surface area contributed by atoms with Crippen molar-refractivity contribution in [3.63, 3.8) is 0 Å². The van der Waals surface area contributed by atoms with Crippen LogP contribution in [0.25, 0.3) is 0 Å². The number of nitrogens with zero attached hydrogens (tertiary/aromatic N) is 4. The highest BCUT2D eigenvalue weighted by Crippen LogP contribution is 2.25. The van der Waals surface area contributed by atoms with E-state index in [1.807, 2.05) is 20.2 Å². The summed E-state index contributed by atoms with van der Waals surface area (Å²) in [4.78, 5) is 14.7. The van der Waals surface area contributed by atoms with Crippen LogP contribution in [-0.4, -0.2) is 43.6 Å². The van der Waals surface area contributed by atoms with E-state index in [9.17, 15) is 10.1 Å². The Kier molecular flexibility index (Phi) is 5.94. The number of rotatable bonds is 7. The van der Waals surface area contributed by atoms with Gasteiger partial charge in [-0.3, -0.25) is 10.1 Å². The number of anilines is 1. The predicted molar refractivity (Wildman–Crippen MR) is 78.9 cm³/mol. The third kappa shape index (κ3) is 4.21. The Morgan fingerprint density at radius 3 is 2.50 bits per heavy atom. The van der Waals surface area contributed by atoms with E-state index < -0.39 is 4.92 Å². The molecule has 0 radical (unpaired) electrons. The molecular weight excluding hydrogens is 256 g/mol. The molecule has 1 aromatic rings. The molecule has 0 saturated carbocycles. The van der Waals surface area contributed by atoms with Crippen molar-refractivity contribution in [1.29, 1.82) is 5.26 Å². The zero-order valence-corrected chi connectivity index (χ0v) is 12.2. The molecule has 6 nitrogen and oxygen atoms in total. The molecule has 108 valence electrons. The van der Waals surface area contributed by atoms with Crippen molar-refractivity contribution in [2.75, 3.05) is 38.6 Å². The number of likely N-dealkylation sites (N-methyl/N-ethyl adjacent to an activating group) is 1. The summed E-state index contributed by atoms with van der Waals surface area (Å²) < 4.78 is 0. The molecule has 0 saturated heterocycles. The summed E-state index contributed by atoms with van der Waals surface area (Å²) in [6, 6.07) is 6.64. The zero-order valence-electron chi connectivity index (χ0n) is 12.2. The second-order valence-corrected chi connectivity index (χ2v) is 4.86. The minimum absolute atomic E-state index is 0.0998. The molecule has 20 heavy (non-hydrogen) atoms. The molecule has 0 fully saturated rings. The summed E-state index contributed by atoms with van der Waals surface area (Å²) in [5.74, 6) is 0. The van der Waals surface area contributed by atoms with Gasteiger partial charge in [-0.15, -0.1) is 0 Å². The molecule has 0 aromatic heterocycles. The molecule has 0 bridgehead atoms. The molecule has 0 amide bonds. The molecular formula is C14H20N4O2. The monoisotopic (exact) mass is 276 g/mol. The second-order valence-electron chi connectivity index (χ2n) is 4.86. The zero-order chi connectivity index (χ0) is 15.1. The standard InChI is InChI=1S/C14H20N4O2/c1-4-7-17(9-8-16(2)3)13-6-5-12(11-15)14(10-13)18(19)20/h5-6,10H,4,7-9H2,1-3H3. The minimum Gasteiger partial charge on any atom is -0.370 e. The fraction of sp³-hybridized carbons (Fsp3) is 0.500. The van der Waals surface area contributed by atoms with Crippen LogP contribution in [0.15, 0.2) is 18.2 Å². The highest BCUT2D eigenvalue weighted by atomic mass is 16.6. The normalized spacial score (nSPS) is 10.3. The Bertz CT molecular complexity index is 508. The van der Waals surface area contributed by atoms with Crippen molar-refractivity contribution in [3.05, 3.63) is 33.9 Å². The molecule has 0 unspecified atom stereocenters. The molecule has 6 heteroatoms. The number of nitriles is 1. The Morgan fingerprint density at radius 1 is 1.30 bits per heavy atom. The minimum atomic E-state index is -0.502. The van der Waals surface area contributed by atoms with E-state index >= 15 is 0 Å². The number of nitro groups is 1. The average molecular weight is 276 g/mol. The van der Waals surface area contributed by atoms with E-state index in [1.54, 1.807) is 6.07 Å². The van der Waals surface area contributed by atoms with Crippen LogP contribution in [0.2, 0.25) is 0 Å². The van der Waals surface area contributed by atoms with Crippen LogP contribution in [0.3, 0.4) is 0 Å². The van der Waals surface area contributed by atoms with Crippen molar-refractivity contribution in [2.24, 2.45) is 0 Å². The summed E-state index contributed by atoms with van der Waals surface area (Å²) in [7, 11) is 3.98. The molecule has 1 rings (SSSR count). The summed E-state index contributed by atoms with van der Waals surface area (Å²) in [5, 5.41) is 19.9. The lowest BCUT2D eigenvalue weighted by atomic mass is 10.1. The van der Waals surface area contributed by atoms with Gasteiger partial charge in [0, 0.05) is 31.4 Å². The molecule has 0 aliphatic heterocycles. The summed E-state index contributed by atoms with van der Waals surface area (Å²) in [6.07, 6.45) is 0.960. The van der Waals surface area contributed by atoms with Crippen LogP contribution in [0, 0.1) is 21.4 Å². The van der Waals surface area contributed by atoms with Gasteiger partial charge >= 0.3 is 0 Å². The first-order chi connectivity index (χ1) is 9.49. The first-order valence-corrected chi connectivity index (χ1v) is 6.57. The number of hydrogen-bond donors (Lipinski definition) is 0. The van der Waals surface area contributed by atoms with Gasteiger partial charge in [0.05, 0.1) is 4.92 Å². The molecule has 0 aliphatic carbocycles. The van der Waals surface area contributed by atoms with Crippen LogP contribution in [-0.2, 0) is 0 Å². The lowest BCUT2D eigenvalue weighted by Crippen LogP contribution is -2.32. The fourth-order valence-corrected chi connectivity index (χ4v) is 1.92. The molecule has 0 N–H and O–H groups in total. The maximum atomic E-state index is 11.0. The summed E-state index contributed by atoms with van der Waals surface area (Å²) in [6.45, 7) is 4.56. The van der Waals surface area contributed by atoms with Crippen LogP contribution < -0.4 is 4.90 Å². The third-order valence-corrected chi connectivity index (χ3v) is 2.97. The van der Waals surface area contributed by atoms with Gasteiger partial charge in [0.15, 0.2) is 0 Å². The van der Waals surface area contributed by atoms with E-state index in [1.165, 1.54) is 12.1 Å². The average Bonchev–Trinajstić information content (AvgIpc) is 2.42. The van der Waals surface area contributed by atoms with Crippen LogP contribution in [0.4, 0.5) is 11.4 Å². The van der Waals surface area contributed by atoms with E-state index in [-0.39, 0.29) is 11.3 Å². The van der Waals surface area contributed by atoms with Crippen LogP contribution >= 0.6 is 0 Å². The summed E-state index contributed by atoms with van der Waals surface area (Å²) >= 11 is 0. The maximum absolute atomic E-state index is 11.0. The molecule has 0 aliphatic rings. The van der Waals surface area contributed by atoms with Gasteiger partial charge in [-0.05, 0) is 32.6 Å². The van der Waals surface area contributed by atoms with Crippen molar-refractivity contribution in [3.8, 4) is 6.07 Å². The van der Waals surface area contributed by atoms with E-state index in [0.717, 1.165) is 31.7 Å². The highest BCUT2D eigenvalue weighted by molar-refractivity contribution is 5.60. The van der Waals surface area contributed by atoms with E-state index in [2.05, 4.69) is 16.7 Å². The largest absolute Gasteiger partial charge is 0.370 e. The highest BCUT2D eigenvalue weighted by Gasteiger charge is 2.16. The van der Waals surface area contributed by atoms with Gasteiger partial charge in [-0.1, -0.05) is 6.92 Å². The number of nitro benzene ring substituents is 1. The molecule has 1 aromatic carbocycles. The summed E-state index contributed by atoms with van der Waals surface area (Å²) in [5.41, 5.74) is 0.762. The van der Waals surface area contributed by atoms with Gasteiger partial charge in [0.2, 0.25) is 0 Å². The topological polar surface area (TPSA) is 73.4 Å². The quantitative estimate of drug-likeness (QED) is 0.564. The molecule has 0 heterocycles. The molecule has 0 spiro atoms. The number of benzene rings is 1. The lowest BCUT2D eigenvalue weighted by Gasteiger charge is -2.25. The Morgan fingerprint density at radius 2 is 2.00 bits per heavy atom. The van der Waals surface area contributed by atoms with E-state index in [0.29, 0.717) is 0 Å². The van der Waals surface area contributed by atoms with Crippen molar-refractivity contribution in [2.45, 2.75) is 13.3 Å². The maximum Gasteiger partial charge on any atom is 0.289 e. The van der Waals surface area contributed by atoms with Crippen LogP contribution in [0.5, 0.6) is 0 Å².